The highest BCUT2D eigenvalue weighted by molar-refractivity contribution is 5.84. The monoisotopic (exact) mass is 260 g/mol. The van der Waals surface area contributed by atoms with Crippen molar-refractivity contribution in [2.45, 2.75) is 18.5 Å². The van der Waals surface area contributed by atoms with Crippen LogP contribution in [-0.2, 0) is 15.1 Å². The minimum atomic E-state index is -1.71. The lowest BCUT2D eigenvalue weighted by atomic mass is 9.84. The van der Waals surface area contributed by atoms with Gasteiger partial charge in [0, 0.05) is 9.82 Å². The van der Waals surface area contributed by atoms with E-state index in [2.05, 4.69) is 20.1 Å². The fourth-order valence-electron chi connectivity index (χ4n) is 1.79. The first kappa shape index (κ1) is 14.4. The van der Waals surface area contributed by atoms with E-state index >= 15 is 0 Å². The summed E-state index contributed by atoms with van der Waals surface area (Å²) >= 11 is 0. The van der Waals surface area contributed by atoms with Crippen LogP contribution in [0.5, 0.6) is 0 Å². The Balaban J connectivity index is 3.57. The molecule has 0 heterocycles. The van der Waals surface area contributed by atoms with Gasteiger partial charge in [0.15, 0.2) is 5.54 Å². The molecule has 0 bridgehead atoms. The summed E-state index contributed by atoms with van der Waals surface area (Å²) in [7, 11) is 1.18. The number of methoxy groups -OCH3 is 1. The molecule has 0 amide bonds. The first-order chi connectivity index (χ1) is 9.13. The molecule has 1 rings (SSSR count). The van der Waals surface area contributed by atoms with Gasteiger partial charge in [0.2, 0.25) is 0 Å². The minimum Gasteiger partial charge on any atom is -0.468 e. The SMILES string of the molecule is COC(=O)C(N=[N+]=[N-])(c1ccccc1)C(C)N=[N+]=[N-]. The van der Waals surface area contributed by atoms with Crippen LogP contribution in [0, 0.1) is 0 Å². The van der Waals surface area contributed by atoms with Gasteiger partial charge in [-0.15, -0.1) is 0 Å². The predicted molar refractivity (Wildman–Crippen MR) is 67.9 cm³/mol. The normalized spacial score (nSPS) is 14.2. The Morgan fingerprint density at radius 3 is 2.42 bits per heavy atom. The largest absolute Gasteiger partial charge is 0.468 e. The van der Waals surface area contributed by atoms with E-state index in [1.165, 1.54) is 14.0 Å². The van der Waals surface area contributed by atoms with Gasteiger partial charge in [-0.05, 0) is 16.6 Å². The molecule has 2 unspecified atom stereocenters. The van der Waals surface area contributed by atoms with Crippen molar-refractivity contribution < 1.29 is 9.53 Å². The zero-order valence-electron chi connectivity index (χ0n) is 10.5. The van der Waals surface area contributed by atoms with E-state index in [9.17, 15) is 4.79 Å². The van der Waals surface area contributed by atoms with Crippen molar-refractivity contribution in [1.29, 1.82) is 0 Å². The Bertz CT molecular complexity index is 548. The summed E-state index contributed by atoms with van der Waals surface area (Å²) in [6, 6.07) is 7.40. The van der Waals surface area contributed by atoms with Gasteiger partial charge in [0.25, 0.3) is 0 Å². The lowest BCUT2D eigenvalue weighted by molar-refractivity contribution is -0.148. The third-order valence-electron chi connectivity index (χ3n) is 2.74. The topological polar surface area (TPSA) is 124 Å². The molecule has 0 aliphatic heterocycles. The number of nitrogens with zero attached hydrogens (tertiary/aromatic N) is 6. The zero-order chi connectivity index (χ0) is 14.3. The van der Waals surface area contributed by atoms with Gasteiger partial charge in [0.05, 0.1) is 13.2 Å². The zero-order valence-corrected chi connectivity index (χ0v) is 10.5. The smallest absolute Gasteiger partial charge is 0.322 e. The molecule has 0 aliphatic carbocycles. The van der Waals surface area contributed by atoms with Crippen LogP contribution in [0.25, 0.3) is 20.9 Å². The maximum absolute atomic E-state index is 12.1. The Morgan fingerprint density at radius 1 is 1.32 bits per heavy atom. The van der Waals surface area contributed by atoms with Gasteiger partial charge in [-0.25, -0.2) is 0 Å². The summed E-state index contributed by atoms with van der Waals surface area (Å²) < 4.78 is 4.70. The molecule has 0 saturated carbocycles. The van der Waals surface area contributed by atoms with Crippen molar-refractivity contribution in [2.24, 2.45) is 10.2 Å². The maximum Gasteiger partial charge on any atom is 0.322 e. The predicted octanol–water partition coefficient (Wildman–Crippen LogP) is 3.06. The maximum atomic E-state index is 12.1. The molecule has 2 atom stereocenters. The first-order valence-corrected chi connectivity index (χ1v) is 5.38. The summed E-state index contributed by atoms with van der Waals surface area (Å²) in [6.45, 7) is 1.48. The van der Waals surface area contributed by atoms with Crippen molar-refractivity contribution in [2.75, 3.05) is 7.11 Å². The average molecular weight is 260 g/mol. The Hall–Kier alpha value is -2.69. The molecule has 0 aliphatic rings. The van der Waals surface area contributed by atoms with E-state index in [4.69, 9.17) is 15.8 Å². The molecule has 98 valence electrons. The number of rotatable bonds is 5. The molecule has 1 aromatic rings. The molecule has 8 nitrogen and oxygen atoms in total. The van der Waals surface area contributed by atoms with Crippen LogP contribution in [0.3, 0.4) is 0 Å². The van der Waals surface area contributed by atoms with Crippen molar-refractivity contribution in [3.63, 3.8) is 0 Å². The number of hydrogen-bond acceptors (Lipinski definition) is 4. The summed E-state index contributed by atoms with van der Waals surface area (Å²) in [5.41, 5.74) is 16.0. The van der Waals surface area contributed by atoms with Crippen molar-refractivity contribution in [3.05, 3.63) is 56.8 Å². The van der Waals surface area contributed by atoms with Gasteiger partial charge >= 0.3 is 5.97 Å². The highest BCUT2D eigenvalue weighted by Crippen LogP contribution is 2.33. The summed E-state index contributed by atoms with van der Waals surface area (Å²) in [5.74, 6) is -0.781. The van der Waals surface area contributed by atoms with E-state index in [0.29, 0.717) is 5.56 Å². The van der Waals surface area contributed by atoms with Crippen LogP contribution in [0.15, 0.2) is 40.6 Å². The summed E-state index contributed by atoms with van der Waals surface area (Å²) in [4.78, 5) is 17.4. The van der Waals surface area contributed by atoms with E-state index in [1.807, 2.05) is 0 Å². The van der Waals surface area contributed by atoms with E-state index in [1.54, 1.807) is 30.3 Å². The van der Waals surface area contributed by atoms with Gasteiger partial charge in [-0.2, -0.15) is 0 Å². The van der Waals surface area contributed by atoms with Crippen LogP contribution in [0.1, 0.15) is 12.5 Å². The second-order valence-electron chi connectivity index (χ2n) is 3.69. The number of azide groups is 2. The lowest BCUT2D eigenvalue weighted by Crippen LogP contribution is -2.43. The van der Waals surface area contributed by atoms with Gasteiger partial charge in [-0.1, -0.05) is 47.5 Å². The highest BCUT2D eigenvalue weighted by Gasteiger charge is 2.45. The van der Waals surface area contributed by atoms with E-state index in [0.717, 1.165) is 0 Å². The molecule has 0 radical (unpaired) electrons. The number of hydrogen-bond donors (Lipinski definition) is 0. The molecule has 19 heavy (non-hydrogen) atoms. The fraction of sp³-hybridized carbons (Fsp3) is 0.364. The standard InChI is InChI=1S/C11H12N6O2/c1-8(14-16-12)11(15-17-13,10(18)19-2)9-6-4-3-5-7-9/h3-8H,1-2H3. The third-order valence-corrected chi connectivity index (χ3v) is 2.74. The number of carbonyl (C=O) groups is 1. The quantitative estimate of drug-likeness (QED) is 0.349. The Morgan fingerprint density at radius 2 is 1.95 bits per heavy atom. The molecular formula is C11H12N6O2. The first-order valence-electron chi connectivity index (χ1n) is 5.38. The van der Waals surface area contributed by atoms with Crippen molar-refractivity contribution in [3.8, 4) is 0 Å². The molecule has 8 heteroatoms. The molecule has 0 N–H and O–H groups in total. The molecule has 0 fully saturated rings. The van der Waals surface area contributed by atoms with E-state index in [-0.39, 0.29) is 0 Å². The van der Waals surface area contributed by atoms with Crippen LogP contribution >= 0.6 is 0 Å². The van der Waals surface area contributed by atoms with Crippen LogP contribution in [0.4, 0.5) is 0 Å². The summed E-state index contributed by atoms with van der Waals surface area (Å²) in [5, 5.41) is 7.03. The third kappa shape index (κ3) is 2.60. The number of esters is 1. The number of carbonyl (C=O) groups excluding carboxylic acids is 1. The Kier molecular flexibility index (Phi) is 4.76. The van der Waals surface area contributed by atoms with Crippen LogP contribution in [-0.4, -0.2) is 19.1 Å². The average Bonchev–Trinajstić information content (AvgIpc) is 2.45. The Labute approximate surface area is 109 Å². The van der Waals surface area contributed by atoms with Crippen LogP contribution in [0.2, 0.25) is 0 Å². The number of benzene rings is 1. The lowest BCUT2D eigenvalue weighted by Gasteiger charge is -2.29. The second-order valence-corrected chi connectivity index (χ2v) is 3.69. The summed E-state index contributed by atoms with van der Waals surface area (Å²) in [6.07, 6.45) is 0. The molecule has 0 spiro atoms. The van der Waals surface area contributed by atoms with Crippen molar-refractivity contribution >= 4 is 5.97 Å². The highest BCUT2D eigenvalue weighted by atomic mass is 16.5. The van der Waals surface area contributed by atoms with Crippen LogP contribution < -0.4 is 0 Å². The molecular weight excluding hydrogens is 248 g/mol. The fourth-order valence-corrected chi connectivity index (χ4v) is 1.79. The van der Waals surface area contributed by atoms with Crippen molar-refractivity contribution in [1.82, 2.24) is 0 Å². The van der Waals surface area contributed by atoms with Gasteiger partial charge in [0.1, 0.15) is 0 Å². The minimum absolute atomic E-state index is 0.402. The molecule has 1 aromatic carbocycles. The second kappa shape index (κ2) is 6.30. The number of ether oxygens (including phenoxy) is 1. The van der Waals surface area contributed by atoms with Gasteiger partial charge < -0.3 is 4.74 Å². The van der Waals surface area contributed by atoms with E-state index < -0.39 is 17.6 Å². The molecule has 0 saturated heterocycles. The van der Waals surface area contributed by atoms with Gasteiger partial charge in [-0.3, -0.25) is 4.79 Å². The molecule has 0 aromatic heterocycles.